The summed E-state index contributed by atoms with van der Waals surface area (Å²) in [4.78, 5) is 16.7. The molecule has 4 rings (SSSR count). The van der Waals surface area contributed by atoms with Gasteiger partial charge in [-0.25, -0.2) is 27.6 Å². The molecule has 1 aromatic heterocycles. The molecule has 14 heteroatoms. The summed E-state index contributed by atoms with van der Waals surface area (Å²) in [7, 11) is -3.78. The number of β-amino-alcohol motifs (C(OH)–C–C–N with tert-alkyl or cyclic N) is 1. The first-order chi connectivity index (χ1) is 16.3. The summed E-state index contributed by atoms with van der Waals surface area (Å²) in [6.45, 7) is 0.113. The molecule has 4 N–H and O–H groups in total. The van der Waals surface area contributed by atoms with Crippen LogP contribution in [0.4, 0.5) is 23.5 Å². The van der Waals surface area contributed by atoms with Gasteiger partial charge in [-0.05, 0) is 17.7 Å². The fraction of sp³-hybridized carbons (Fsp3) is 0.190. The van der Waals surface area contributed by atoms with E-state index in [1.165, 1.54) is 28.8 Å². The predicted molar refractivity (Wildman–Crippen MR) is 116 cm³/mol. The molecule has 0 spiro atoms. The number of halogens is 4. The van der Waals surface area contributed by atoms with Crippen LogP contribution in [0.1, 0.15) is 0 Å². The van der Waals surface area contributed by atoms with E-state index in [0.717, 1.165) is 0 Å². The molecule has 0 bridgehead atoms. The molecule has 0 amide bonds. The number of carboxylic acid groups (broad SMARTS) is 1. The minimum atomic E-state index is -5.08. The SMILES string of the molecule is Nc1ncc(-c2ccc(-c3ccccc3S(=O)(=O)N3CC(O)C3)cc2F)cn1.O=C(O)C(F)(F)F. The van der Waals surface area contributed by atoms with E-state index in [4.69, 9.17) is 15.6 Å². The van der Waals surface area contributed by atoms with Crippen LogP contribution in [-0.2, 0) is 14.8 Å². The number of benzene rings is 2. The number of alkyl halides is 3. The quantitative estimate of drug-likeness (QED) is 0.450. The van der Waals surface area contributed by atoms with Crippen molar-refractivity contribution in [3.63, 3.8) is 0 Å². The fourth-order valence-electron chi connectivity index (χ4n) is 3.08. The third-order valence-corrected chi connectivity index (χ3v) is 6.73. The van der Waals surface area contributed by atoms with Crippen molar-refractivity contribution in [2.45, 2.75) is 17.2 Å². The summed E-state index contributed by atoms with van der Waals surface area (Å²) < 4.78 is 73.4. The number of carbonyl (C=O) groups is 1. The van der Waals surface area contributed by atoms with Gasteiger partial charge in [-0.2, -0.15) is 17.5 Å². The molecule has 0 atom stereocenters. The maximum Gasteiger partial charge on any atom is 0.490 e. The first-order valence-electron chi connectivity index (χ1n) is 9.76. The molecule has 35 heavy (non-hydrogen) atoms. The van der Waals surface area contributed by atoms with Gasteiger partial charge in [-0.15, -0.1) is 0 Å². The van der Waals surface area contributed by atoms with Crippen LogP contribution in [0.25, 0.3) is 22.3 Å². The second-order valence-corrected chi connectivity index (χ2v) is 9.21. The number of sulfonamides is 1. The van der Waals surface area contributed by atoms with Gasteiger partial charge in [0.1, 0.15) is 5.82 Å². The molecular weight excluding hydrogens is 496 g/mol. The number of anilines is 1. The van der Waals surface area contributed by atoms with Crippen molar-refractivity contribution >= 4 is 21.9 Å². The van der Waals surface area contributed by atoms with E-state index in [0.29, 0.717) is 16.7 Å². The Bertz CT molecular complexity index is 1330. The average molecular weight is 514 g/mol. The Labute approximate surface area is 196 Å². The maximum absolute atomic E-state index is 14.8. The van der Waals surface area contributed by atoms with Crippen LogP contribution in [0.5, 0.6) is 0 Å². The first kappa shape index (κ1) is 26.0. The van der Waals surface area contributed by atoms with Crippen molar-refractivity contribution in [3.05, 3.63) is 60.7 Å². The highest BCUT2D eigenvalue weighted by Gasteiger charge is 2.38. The lowest BCUT2D eigenvalue weighted by atomic mass is 10.0. The summed E-state index contributed by atoms with van der Waals surface area (Å²) in [5, 5.41) is 16.6. The van der Waals surface area contributed by atoms with Gasteiger partial charge in [0.25, 0.3) is 0 Å². The summed E-state index contributed by atoms with van der Waals surface area (Å²) in [6.07, 6.45) is -2.89. The second kappa shape index (κ2) is 9.93. The number of hydrogen-bond acceptors (Lipinski definition) is 7. The molecule has 1 fully saturated rings. The van der Waals surface area contributed by atoms with Crippen molar-refractivity contribution in [2.24, 2.45) is 0 Å². The van der Waals surface area contributed by atoms with E-state index in [1.807, 2.05) is 0 Å². The summed E-state index contributed by atoms with van der Waals surface area (Å²) in [6, 6.07) is 10.9. The lowest BCUT2D eigenvalue weighted by Crippen LogP contribution is -2.53. The fourth-order valence-corrected chi connectivity index (χ4v) is 4.81. The molecule has 3 aromatic rings. The van der Waals surface area contributed by atoms with E-state index in [1.54, 1.807) is 30.3 Å². The Kier molecular flexibility index (Phi) is 7.38. The number of aliphatic hydroxyl groups excluding tert-OH is 1. The minimum absolute atomic E-state index is 0.0567. The van der Waals surface area contributed by atoms with Crippen molar-refractivity contribution in [1.29, 1.82) is 0 Å². The van der Waals surface area contributed by atoms with Crippen LogP contribution in [0.2, 0.25) is 0 Å². The smallest absolute Gasteiger partial charge is 0.475 e. The van der Waals surface area contributed by atoms with Gasteiger partial charge >= 0.3 is 12.1 Å². The number of nitrogens with zero attached hydrogens (tertiary/aromatic N) is 3. The molecule has 1 aliphatic rings. The minimum Gasteiger partial charge on any atom is -0.475 e. The van der Waals surface area contributed by atoms with Crippen LogP contribution in [0.15, 0.2) is 59.8 Å². The molecule has 0 aliphatic carbocycles. The highest BCUT2D eigenvalue weighted by atomic mass is 32.2. The van der Waals surface area contributed by atoms with Crippen LogP contribution in [0, 0.1) is 5.82 Å². The van der Waals surface area contributed by atoms with Crippen molar-refractivity contribution in [3.8, 4) is 22.3 Å². The Morgan fingerprint density at radius 3 is 2.11 bits per heavy atom. The first-order valence-corrected chi connectivity index (χ1v) is 11.2. The molecule has 2 heterocycles. The molecule has 0 radical (unpaired) electrons. The average Bonchev–Trinajstić information content (AvgIpc) is 2.77. The zero-order valence-electron chi connectivity index (χ0n) is 17.6. The maximum atomic E-state index is 14.8. The number of rotatable bonds is 4. The lowest BCUT2D eigenvalue weighted by molar-refractivity contribution is -0.192. The summed E-state index contributed by atoms with van der Waals surface area (Å²) in [5.74, 6) is -3.19. The largest absolute Gasteiger partial charge is 0.490 e. The Morgan fingerprint density at radius 1 is 1.03 bits per heavy atom. The van der Waals surface area contributed by atoms with Crippen LogP contribution < -0.4 is 5.73 Å². The number of hydrogen-bond donors (Lipinski definition) is 3. The molecule has 2 aromatic carbocycles. The third kappa shape index (κ3) is 5.90. The van der Waals surface area contributed by atoms with Gasteiger partial charge in [-0.1, -0.05) is 30.3 Å². The number of aliphatic hydroxyl groups is 1. The number of aromatic nitrogens is 2. The van der Waals surface area contributed by atoms with Crippen LogP contribution >= 0.6 is 0 Å². The monoisotopic (exact) mass is 514 g/mol. The van der Waals surface area contributed by atoms with E-state index in [9.17, 15) is 31.1 Å². The van der Waals surface area contributed by atoms with Gasteiger partial charge in [0.05, 0.1) is 11.0 Å². The molecule has 1 saturated heterocycles. The molecule has 1 aliphatic heterocycles. The summed E-state index contributed by atoms with van der Waals surface area (Å²) >= 11 is 0. The number of nitrogen functional groups attached to an aromatic ring is 1. The summed E-state index contributed by atoms with van der Waals surface area (Å²) in [5.41, 5.74) is 7.03. The standard InChI is InChI=1S/C19H17FN4O3S.C2HF3O2/c20-17-7-12(5-6-15(17)13-8-22-19(21)23-9-13)16-3-1-2-4-18(16)28(26,27)24-10-14(25)11-24;3-2(4,5)1(6)7/h1-9,14,25H,10-11H2,(H2,21,22,23);(H,6,7). The van der Waals surface area contributed by atoms with Crippen molar-refractivity contribution in [1.82, 2.24) is 14.3 Å². The van der Waals surface area contributed by atoms with E-state index in [-0.39, 0.29) is 29.5 Å². The second-order valence-electron chi connectivity index (χ2n) is 7.30. The van der Waals surface area contributed by atoms with E-state index >= 15 is 0 Å². The van der Waals surface area contributed by atoms with E-state index < -0.39 is 34.1 Å². The Morgan fingerprint density at radius 2 is 1.60 bits per heavy atom. The van der Waals surface area contributed by atoms with Gasteiger partial charge < -0.3 is 15.9 Å². The van der Waals surface area contributed by atoms with E-state index in [2.05, 4.69) is 9.97 Å². The zero-order chi connectivity index (χ0) is 26.0. The van der Waals surface area contributed by atoms with Crippen molar-refractivity contribution in [2.75, 3.05) is 18.8 Å². The van der Waals surface area contributed by atoms with Gasteiger partial charge in [0, 0.05) is 42.2 Å². The Hall–Kier alpha value is -3.62. The topological polar surface area (TPSA) is 147 Å². The molecule has 9 nitrogen and oxygen atoms in total. The highest BCUT2D eigenvalue weighted by molar-refractivity contribution is 7.89. The van der Waals surface area contributed by atoms with Gasteiger partial charge in [0.15, 0.2) is 0 Å². The van der Waals surface area contributed by atoms with Crippen molar-refractivity contribution < 1.29 is 41.0 Å². The normalized spacial score (nSPS) is 14.5. The number of nitrogens with two attached hydrogens (primary N) is 1. The molecule has 0 saturated carbocycles. The molecule has 0 unspecified atom stereocenters. The number of carboxylic acids is 1. The lowest BCUT2D eigenvalue weighted by Gasteiger charge is -2.35. The van der Waals surface area contributed by atoms with Gasteiger partial charge in [-0.3, -0.25) is 0 Å². The van der Waals surface area contributed by atoms with Crippen LogP contribution in [0.3, 0.4) is 0 Å². The van der Waals surface area contributed by atoms with Crippen LogP contribution in [-0.4, -0.2) is 64.2 Å². The van der Waals surface area contributed by atoms with Gasteiger partial charge in [0.2, 0.25) is 16.0 Å². The highest BCUT2D eigenvalue weighted by Crippen LogP contribution is 2.33. The number of aliphatic carboxylic acids is 1. The predicted octanol–water partition coefficient (Wildman–Crippen LogP) is 2.53. The Balaban J connectivity index is 0.000000429. The third-order valence-electron chi connectivity index (χ3n) is 4.84. The zero-order valence-corrected chi connectivity index (χ0v) is 18.5. The molecule has 186 valence electrons. The molecular formula is C21H18F4N4O5S.